The molecule has 7 atom stereocenters. The zero-order valence-electron chi connectivity index (χ0n) is 15.0. The number of carboxylic acid groups (broad SMARTS) is 1. The fourth-order valence-corrected chi connectivity index (χ4v) is 5.08. The van der Waals surface area contributed by atoms with Gasteiger partial charge in [0.05, 0.1) is 36.3 Å². The molecule has 0 aromatic heterocycles. The number of aliphatic carboxylic acids is 1. The normalized spacial score (nSPS) is 43.7. The van der Waals surface area contributed by atoms with Crippen molar-refractivity contribution in [2.24, 2.45) is 23.5 Å². The maximum absolute atomic E-state index is 13.0. The maximum Gasteiger partial charge on any atom is 0.309 e. The number of hydrogen-bond acceptors (Lipinski definition) is 7. The quantitative estimate of drug-likeness (QED) is 0.460. The molecule has 4 rings (SSSR count). The Morgan fingerprint density at radius 2 is 2.00 bits per heavy atom. The minimum atomic E-state index is -0.967. The molecule has 3 saturated heterocycles. The van der Waals surface area contributed by atoms with Gasteiger partial charge in [-0.15, -0.1) is 0 Å². The van der Waals surface area contributed by atoms with E-state index in [1.165, 1.54) is 32.1 Å². The van der Waals surface area contributed by atoms with Gasteiger partial charge in [0, 0.05) is 6.54 Å². The van der Waals surface area contributed by atoms with Crippen LogP contribution < -0.4 is 21.7 Å². The second-order valence-electron chi connectivity index (χ2n) is 8.31. The Kier molecular flexibility index (Phi) is 5.29. The van der Waals surface area contributed by atoms with Crippen LogP contribution in [-0.2, 0) is 14.3 Å². The van der Waals surface area contributed by atoms with Gasteiger partial charge < -0.3 is 15.6 Å². The van der Waals surface area contributed by atoms with Crippen LogP contribution in [0.15, 0.2) is 0 Å². The zero-order valence-corrected chi connectivity index (χ0v) is 15.0. The Balaban J connectivity index is 1.37. The Labute approximate surface area is 153 Å². The van der Waals surface area contributed by atoms with Gasteiger partial charge in [0.1, 0.15) is 6.23 Å². The molecule has 3 aliphatic heterocycles. The number of nitrogens with two attached hydrogens (primary N) is 1. The molecule has 146 valence electrons. The maximum atomic E-state index is 13.0. The molecule has 7 unspecified atom stereocenters. The highest BCUT2D eigenvalue weighted by molar-refractivity contribution is 5.89. The number of ketones is 1. The number of Topliss-reactive ketones (excluding diaryl/α,β-unsaturated/α-hetero) is 1. The molecule has 0 aromatic carbocycles. The van der Waals surface area contributed by atoms with Gasteiger partial charge >= 0.3 is 5.97 Å². The highest BCUT2D eigenvalue weighted by Gasteiger charge is 2.51. The topological polar surface area (TPSA) is 126 Å². The molecule has 8 nitrogen and oxygen atoms in total. The summed E-state index contributed by atoms with van der Waals surface area (Å²) in [5.41, 5.74) is 5.91. The average Bonchev–Trinajstić information content (AvgIpc) is 3.13. The molecule has 3 heterocycles. The molecule has 6 N–H and O–H groups in total. The van der Waals surface area contributed by atoms with Gasteiger partial charge in [-0.1, -0.05) is 25.7 Å². The number of carbonyl (C=O) groups excluding carboxylic acids is 1. The van der Waals surface area contributed by atoms with E-state index in [0.717, 1.165) is 12.3 Å². The fourth-order valence-electron chi connectivity index (χ4n) is 5.08. The number of rotatable bonds is 4. The van der Waals surface area contributed by atoms with Crippen molar-refractivity contribution in [3.05, 3.63) is 0 Å². The summed E-state index contributed by atoms with van der Waals surface area (Å²) < 4.78 is 6.06. The molecule has 0 amide bonds. The van der Waals surface area contributed by atoms with E-state index < -0.39 is 30.2 Å². The molecule has 26 heavy (non-hydrogen) atoms. The Bertz CT molecular complexity index is 553. The van der Waals surface area contributed by atoms with Gasteiger partial charge in [0.25, 0.3) is 0 Å². The van der Waals surface area contributed by atoms with Crippen LogP contribution in [0.2, 0.25) is 0 Å². The van der Waals surface area contributed by atoms with Crippen molar-refractivity contribution >= 4 is 11.8 Å². The first kappa shape index (κ1) is 18.3. The smallest absolute Gasteiger partial charge is 0.309 e. The summed E-state index contributed by atoms with van der Waals surface area (Å²) in [5, 5.41) is 19.2. The summed E-state index contributed by atoms with van der Waals surface area (Å²) in [7, 11) is 0. The average molecular weight is 366 g/mol. The molecular weight excluding hydrogens is 336 g/mol. The van der Waals surface area contributed by atoms with Gasteiger partial charge in [-0.3, -0.25) is 25.5 Å². The number of piperidine rings is 1. The van der Waals surface area contributed by atoms with Crippen LogP contribution in [0.25, 0.3) is 0 Å². The third kappa shape index (κ3) is 3.53. The first-order valence-electron chi connectivity index (χ1n) is 9.96. The first-order chi connectivity index (χ1) is 12.5. The van der Waals surface area contributed by atoms with Crippen LogP contribution in [0, 0.1) is 17.8 Å². The van der Waals surface area contributed by atoms with E-state index in [-0.39, 0.29) is 30.5 Å². The van der Waals surface area contributed by atoms with Gasteiger partial charge in [-0.25, -0.2) is 0 Å². The lowest BCUT2D eigenvalue weighted by Crippen LogP contribution is -2.73. The van der Waals surface area contributed by atoms with Crippen molar-refractivity contribution < 1.29 is 19.4 Å². The second-order valence-corrected chi connectivity index (χ2v) is 8.31. The van der Waals surface area contributed by atoms with Crippen LogP contribution in [0.4, 0.5) is 0 Å². The van der Waals surface area contributed by atoms with E-state index in [9.17, 15) is 14.7 Å². The summed E-state index contributed by atoms with van der Waals surface area (Å²) >= 11 is 0. The number of nitrogens with one attached hydrogen (secondary N) is 3. The third-order valence-electron chi connectivity index (χ3n) is 6.63. The minimum Gasteiger partial charge on any atom is -0.481 e. The number of hydrogen-bond donors (Lipinski definition) is 5. The second kappa shape index (κ2) is 7.52. The van der Waals surface area contributed by atoms with Crippen molar-refractivity contribution in [2.45, 2.75) is 75.7 Å². The zero-order chi connectivity index (χ0) is 18.3. The lowest BCUT2D eigenvalue weighted by molar-refractivity contribution is -0.174. The SMILES string of the molecule is NC1NC2OC3CNC(CCC4CCCC4)NC3C(=O)C2CC1C(=O)O. The summed E-state index contributed by atoms with van der Waals surface area (Å²) in [5.74, 6) is -1.31. The van der Waals surface area contributed by atoms with Crippen molar-refractivity contribution in [2.75, 3.05) is 6.54 Å². The van der Waals surface area contributed by atoms with Crippen molar-refractivity contribution in [1.82, 2.24) is 16.0 Å². The molecule has 1 aliphatic carbocycles. The number of fused-ring (bicyclic) bond motifs is 2. The summed E-state index contributed by atoms with van der Waals surface area (Å²) in [6, 6.07) is -0.364. The highest BCUT2D eigenvalue weighted by atomic mass is 16.5. The molecule has 4 aliphatic rings. The van der Waals surface area contributed by atoms with Crippen LogP contribution in [-0.4, -0.2) is 54.1 Å². The van der Waals surface area contributed by atoms with Gasteiger partial charge in [0.15, 0.2) is 5.78 Å². The Morgan fingerprint density at radius 1 is 1.23 bits per heavy atom. The van der Waals surface area contributed by atoms with Gasteiger partial charge in [0.2, 0.25) is 0 Å². The molecule has 0 bridgehead atoms. The van der Waals surface area contributed by atoms with E-state index in [2.05, 4.69) is 16.0 Å². The number of carboxylic acids is 1. The van der Waals surface area contributed by atoms with Gasteiger partial charge in [-0.05, 0) is 25.2 Å². The van der Waals surface area contributed by atoms with E-state index in [1.807, 2.05) is 0 Å². The molecule has 0 aromatic rings. The molecular formula is C18H30N4O4. The van der Waals surface area contributed by atoms with E-state index >= 15 is 0 Å². The van der Waals surface area contributed by atoms with E-state index in [4.69, 9.17) is 10.5 Å². The molecule has 1 saturated carbocycles. The minimum absolute atomic E-state index is 0.0595. The lowest BCUT2D eigenvalue weighted by Gasteiger charge is -2.49. The van der Waals surface area contributed by atoms with E-state index in [1.54, 1.807) is 0 Å². The van der Waals surface area contributed by atoms with Crippen molar-refractivity contribution in [1.29, 1.82) is 0 Å². The van der Waals surface area contributed by atoms with E-state index in [0.29, 0.717) is 6.54 Å². The molecule has 0 radical (unpaired) electrons. The third-order valence-corrected chi connectivity index (χ3v) is 6.63. The summed E-state index contributed by atoms with van der Waals surface area (Å²) in [4.78, 5) is 24.4. The fraction of sp³-hybridized carbons (Fsp3) is 0.889. The largest absolute Gasteiger partial charge is 0.481 e. The van der Waals surface area contributed by atoms with Crippen molar-refractivity contribution in [3.8, 4) is 0 Å². The lowest BCUT2D eigenvalue weighted by atomic mass is 9.78. The summed E-state index contributed by atoms with van der Waals surface area (Å²) in [6.07, 6.45) is 6.46. The van der Waals surface area contributed by atoms with Crippen LogP contribution >= 0.6 is 0 Å². The van der Waals surface area contributed by atoms with Gasteiger partial charge in [-0.2, -0.15) is 0 Å². The first-order valence-corrected chi connectivity index (χ1v) is 9.96. The monoisotopic (exact) mass is 366 g/mol. The standard InChI is InChI=1S/C18H30N4O4/c19-16-11(18(24)25)7-10-15(23)14-12(26-17(10)22-16)8-20-13(21-14)6-5-9-3-1-2-4-9/h9-14,16-17,20-22H,1-8,19H2,(H,24,25). The Hall–Kier alpha value is -1.06. The molecule has 4 fully saturated rings. The van der Waals surface area contributed by atoms with Crippen LogP contribution in [0.3, 0.4) is 0 Å². The number of carbonyl (C=O) groups is 2. The van der Waals surface area contributed by atoms with Crippen molar-refractivity contribution in [3.63, 3.8) is 0 Å². The predicted octanol–water partition coefficient (Wildman–Crippen LogP) is -0.267. The van der Waals surface area contributed by atoms with Crippen LogP contribution in [0.1, 0.15) is 44.9 Å². The molecule has 0 spiro atoms. The Morgan fingerprint density at radius 3 is 2.73 bits per heavy atom. The molecule has 8 heteroatoms. The summed E-state index contributed by atoms with van der Waals surface area (Å²) in [6.45, 7) is 0.626. The predicted molar refractivity (Wildman–Crippen MR) is 93.9 cm³/mol. The van der Waals surface area contributed by atoms with Crippen LogP contribution in [0.5, 0.6) is 0 Å². The highest BCUT2D eigenvalue weighted by Crippen LogP contribution is 2.33. The number of ether oxygens (including phenoxy) is 1.